The van der Waals surface area contributed by atoms with E-state index in [2.05, 4.69) is 15.6 Å². The molecule has 1 fully saturated rings. The fourth-order valence-corrected chi connectivity index (χ4v) is 3.14. The van der Waals surface area contributed by atoms with E-state index in [1.54, 1.807) is 23.1 Å². The van der Waals surface area contributed by atoms with Crippen LogP contribution in [0.1, 0.15) is 23.2 Å². The summed E-state index contributed by atoms with van der Waals surface area (Å²) >= 11 is 0. The van der Waals surface area contributed by atoms with Gasteiger partial charge in [-0.15, -0.1) is 0 Å². The average molecular weight is 342 g/mol. The van der Waals surface area contributed by atoms with Crippen LogP contribution < -0.4 is 16.1 Å². The zero-order chi connectivity index (χ0) is 17.8. The minimum Gasteiger partial charge on any atom is -0.360 e. The third-order valence-electron chi connectivity index (χ3n) is 4.62. The molecule has 0 radical (unpaired) electrons. The fraction of sp³-hybridized carbons (Fsp3) is 0.389. The molecule has 1 aliphatic heterocycles. The molecule has 7 heteroatoms. The zero-order valence-electron chi connectivity index (χ0n) is 14.2. The van der Waals surface area contributed by atoms with Gasteiger partial charge in [0, 0.05) is 36.2 Å². The molecule has 2 heterocycles. The monoisotopic (exact) mass is 342 g/mol. The average Bonchev–Trinajstić information content (AvgIpc) is 2.66. The number of fused-ring (bicyclic) bond motifs is 1. The smallest absolute Gasteiger partial charge is 0.257 e. The number of likely N-dealkylation sites (N-methyl/N-ethyl adjacent to an activating group) is 1. The summed E-state index contributed by atoms with van der Waals surface area (Å²) in [5.74, 6) is -0.673. The van der Waals surface area contributed by atoms with Crippen molar-refractivity contribution < 1.29 is 9.59 Å². The minimum absolute atomic E-state index is 0.0123. The topological polar surface area (TPSA) is 94.3 Å². The molecule has 3 rings (SSSR count). The predicted molar refractivity (Wildman–Crippen MR) is 95.6 cm³/mol. The van der Waals surface area contributed by atoms with Crippen molar-refractivity contribution in [3.63, 3.8) is 0 Å². The van der Waals surface area contributed by atoms with Crippen molar-refractivity contribution in [1.82, 2.24) is 20.5 Å². The number of carbonyl (C=O) groups excluding carboxylic acids is 2. The van der Waals surface area contributed by atoms with E-state index >= 15 is 0 Å². The Morgan fingerprint density at radius 2 is 2.12 bits per heavy atom. The van der Waals surface area contributed by atoms with Crippen LogP contribution in [0.2, 0.25) is 0 Å². The first kappa shape index (κ1) is 17.2. The molecule has 2 aromatic rings. The molecule has 2 amide bonds. The van der Waals surface area contributed by atoms with Crippen molar-refractivity contribution >= 4 is 22.7 Å². The number of nitrogens with zero attached hydrogens (tertiary/aromatic N) is 1. The van der Waals surface area contributed by atoms with Gasteiger partial charge in [0.2, 0.25) is 11.3 Å². The van der Waals surface area contributed by atoms with Crippen LogP contribution in [-0.4, -0.2) is 54.4 Å². The van der Waals surface area contributed by atoms with E-state index in [4.69, 9.17) is 0 Å². The molecule has 3 N–H and O–H groups in total. The van der Waals surface area contributed by atoms with Gasteiger partial charge in [-0.2, -0.15) is 0 Å². The number of rotatable bonds is 4. The molecule has 1 aliphatic rings. The number of pyridine rings is 1. The van der Waals surface area contributed by atoms with Crippen LogP contribution in [0.25, 0.3) is 10.9 Å². The van der Waals surface area contributed by atoms with Crippen molar-refractivity contribution in [3.8, 4) is 0 Å². The summed E-state index contributed by atoms with van der Waals surface area (Å²) < 4.78 is 0. The summed E-state index contributed by atoms with van der Waals surface area (Å²) in [5.41, 5.74) is 0.345. The van der Waals surface area contributed by atoms with Crippen molar-refractivity contribution in [2.24, 2.45) is 0 Å². The molecular formula is C18H22N4O3. The summed E-state index contributed by atoms with van der Waals surface area (Å²) in [5, 5.41) is 6.19. The first-order valence-corrected chi connectivity index (χ1v) is 8.44. The number of piperidine rings is 1. The molecule has 0 bridgehead atoms. The highest BCUT2D eigenvalue weighted by Gasteiger charge is 2.23. The molecule has 132 valence electrons. The van der Waals surface area contributed by atoms with Crippen molar-refractivity contribution in [3.05, 3.63) is 46.2 Å². The zero-order valence-corrected chi connectivity index (χ0v) is 14.2. The van der Waals surface area contributed by atoms with E-state index in [1.165, 1.54) is 6.20 Å². The lowest BCUT2D eigenvalue weighted by Gasteiger charge is -2.32. The molecule has 1 aromatic heterocycles. The Hall–Kier alpha value is -2.67. The molecule has 1 saturated heterocycles. The number of aromatic amines is 1. The lowest BCUT2D eigenvalue weighted by atomic mass is 10.1. The molecule has 0 aliphatic carbocycles. The van der Waals surface area contributed by atoms with Crippen LogP contribution in [0, 0.1) is 0 Å². The van der Waals surface area contributed by atoms with Crippen molar-refractivity contribution in [1.29, 1.82) is 0 Å². The van der Waals surface area contributed by atoms with Gasteiger partial charge in [-0.1, -0.05) is 12.1 Å². The number of carbonyl (C=O) groups is 2. The van der Waals surface area contributed by atoms with Gasteiger partial charge in [-0.25, -0.2) is 0 Å². The molecular weight excluding hydrogens is 320 g/mol. The Bertz CT molecular complexity index is 846. The van der Waals surface area contributed by atoms with Gasteiger partial charge in [-0.05, 0) is 32.0 Å². The lowest BCUT2D eigenvalue weighted by Crippen LogP contribution is -2.50. The van der Waals surface area contributed by atoms with Gasteiger partial charge in [0.15, 0.2) is 0 Å². The predicted octanol–water partition coefficient (Wildman–Crippen LogP) is 0.468. The van der Waals surface area contributed by atoms with Crippen LogP contribution >= 0.6 is 0 Å². The van der Waals surface area contributed by atoms with E-state index in [0.717, 1.165) is 12.8 Å². The second kappa shape index (κ2) is 7.48. The Morgan fingerprint density at radius 3 is 2.92 bits per heavy atom. The van der Waals surface area contributed by atoms with E-state index in [0.29, 0.717) is 24.0 Å². The Kier molecular flexibility index (Phi) is 5.14. The quantitative estimate of drug-likeness (QED) is 0.753. The van der Waals surface area contributed by atoms with E-state index in [1.807, 2.05) is 13.1 Å². The molecule has 7 nitrogen and oxygen atoms in total. The maximum absolute atomic E-state index is 12.4. The SMILES string of the molecule is CNC1CCCN(C(=O)CNC(=O)c2c[nH]c3ccccc3c2=O)C1. The normalized spacial score (nSPS) is 17.5. The summed E-state index contributed by atoms with van der Waals surface area (Å²) in [6.45, 7) is 1.23. The molecule has 1 unspecified atom stereocenters. The largest absolute Gasteiger partial charge is 0.360 e. The number of para-hydroxylation sites is 1. The van der Waals surface area contributed by atoms with Crippen LogP contribution in [0.15, 0.2) is 35.3 Å². The summed E-state index contributed by atoms with van der Waals surface area (Å²) in [6.07, 6.45) is 3.37. The summed E-state index contributed by atoms with van der Waals surface area (Å²) in [4.78, 5) is 41.7. The number of nitrogens with one attached hydrogen (secondary N) is 3. The van der Waals surface area contributed by atoms with Crippen LogP contribution in [0.3, 0.4) is 0 Å². The number of hydrogen-bond donors (Lipinski definition) is 3. The number of aromatic nitrogens is 1. The second-order valence-electron chi connectivity index (χ2n) is 6.23. The summed E-state index contributed by atoms with van der Waals surface area (Å²) in [6, 6.07) is 7.29. The number of benzene rings is 1. The maximum Gasteiger partial charge on any atom is 0.257 e. The van der Waals surface area contributed by atoms with Crippen LogP contribution in [-0.2, 0) is 4.79 Å². The highest BCUT2D eigenvalue weighted by molar-refractivity contribution is 5.98. The van der Waals surface area contributed by atoms with Gasteiger partial charge < -0.3 is 20.5 Å². The molecule has 0 saturated carbocycles. The number of H-pyrrole nitrogens is 1. The highest BCUT2D eigenvalue weighted by Crippen LogP contribution is 2.10. The lowest BCUT2D eigenvalue weighted by molar-refractivity contribution is -0.131. The van der Waals surface area contributed by atoms with E-state index < -0.39 is 5.91 Å². The fourth-order valence-electron chi connectivity index (χ4n) is 3.14. The first-order chi connectivity index (χ1) is 12.1. The van der Waals surface area contributed by atoms with E-state index in [9.17, 15) is 14.4 Å². The third kappa shape index (κ3) is 3.71. The number of amides is 2. The van der Waals surface area contributed by atoms with Crippen LogP contribution in [0.5, 0.6) is 0 Å². The van der Waals surface area contributed by atoms with Gasteiger partial charge in [-0.3, -0.25) is 14.4 Å². The Labute approximate surface area is 145 Å². The highest BCUT2D eigenvalue weighted by atomic mass is 16.2. The van der Waals surface area contributed by atoms with Crippen LogP contribution in [0.4, 0.5) is 0 Å². The van der Waals surface area contributed by atoms with Gasteiger partial charge in [0.25, 0.3) is 5.91 Å². The van der Waals surface area contributed by atoms with Crippen molar-refractivity contribution in [2.45, 2.75) is 18.9 Å². The number of likely N-dealkylation sites (tertiary alicyclic amines) is 1. The number of hydrogen-bond acceptors (Lipinski definition) is 4. The third-order valence-corrected chi connectivity index (χ3v) is 4.62. The van der Waals surface area contributed by atoms with Gasteiger partial charge >= 0.3 is 0 Å². The standard InChI is InChI=1S/C18H22N4O3/c1-19-12-5-4-8-22(11-12)16(23)10-21-18(25)14-9-20-15-7-3-2-6-13(15)17(14)24/h2-3,6-7,9,12,19H,4-5,8,10-11H2,1H3,(H,20,24)(H,21,25). The van der Waals surface area contributed by atoms with Gasteiger partial charge in [0.1, 0.15) is 5.56 Å². The van der Waals surface area contributed by atoms with E-state index in [-0.39, 0.29) is 29.5 Å². The van der Waals surface area contributed by atoms with Crippen molar-refractivity contribution in [2.75, 3.05) is 26.7 Å². The maximum atomic E-state index is 12.4. The molecule has 1 aromatic carbocycles. The Morgan fingerprint density at radius 1 is 1.32 bits per heavy atom. The van der Waals surface area contributed by atoms with Gasteiger partial charge in [0.05, 0.1) is 6.54 Å². The summed E-state index contributed by atoms with van der Waals surface area (Å²) in [7, 11) is 1.88. The Balaban J connectivity index is 1.66. The first-order valence-electron chi connectivity index (χ1n) is 8.44. The minimum atomic E-state index is -0.539. The molecule has 25 heavy (non-hydrogen) atoms. The molecule has 1 atom stereocenters. The second-order valence-corrected chi connectivity index (χ2v) is 6.23. The molecule has 0 spiro atoms.